The average molecular weight is 349 g/mol. The highest BCUT2D eigenvalue weighted by atomic mass is 32.2. The second kappa shape index (κ2) is 7.15. The van der Waals surface area contributed by atoms with E-state index in [1.165, 1.54) is 12.1 Å². The second-order valence-corrected chi connectivity index (χ2v) is 7.19. The third kappa shape index (κ3) is 4.46. The monoisotopic (exact) mass is 349 g/mol. The molecule has 1 aromatic heterocycles. The maximum atomic E-state index is 12.1. The summed E-state index contributed by atoms with van der Waals surface area (Å²) in [5.74, 6) is 0. The number of allylic oxidation sites excluding steroid dienone is 1. The summed E-state index contributed by atoms with van der Waals surface area (Å²) >= 11 is 0.796. The van der Waals surface area contributed by atoms with Crippen molar-refractivity contribution in [2.24, 2.45) is 0 Å². The Balaban J connectivity index is 2.19. The van der Waals surface area contributed by atoms with E-state index in [-0.39, 0.29) is 11.5 Å². The highest BCUT2D eigenvalue weighted by Crippen LogP contribution is 2.26. The van der Waals surface area contributed by atoms with Gasteiger partial charge in [-0.25, -0.2) is 13.1 Å². The van der Waals surface area contributed by atoms with Gasteiger partial charge in [0.15, 0.2) is 4.91 Å². The highest BCUT2D eigenvalue weighted by Gasteiger charge is 2.18. The van der Waals surface area contributed by atoms with Gasteiger partial charge in [0, 0.05) is 17.5 Å². The van der Waals surface area contributed by atoms with Crippen LogP contribution in [-0.4, -0.2) is 13.3 Å². The molecule has 1 N–H and O–H groups in total. The summed E-state index contributed by atoms with van der Waals surface area (Å²) in [5, 5.41) is 19.6. The highest BCUT2D eigenvalue weighted by molar-refractivity contribution is 7.93. The van der Waals surface area contributed by atoms with Crippen molar-refractivity contribution in [3.05, 3.63) is 67.9 Å². The fraction of sp³-hybridized carbons (Fsp3) is 0.0714. The predicted octanol–water partition coefficient (Wildman–Crippen LogP) is 2.64. The molecule has 2 aromatic rings. The summed E-state index contributed by atoms with van der Waals surface area (Å²) in [7, 11) is -3.99. The smallest absolute Gasteiger partial charge is 0.258 e. The lowest BCUT2D eigenvalue weighted by Gasteiger charge is -2.05. The summed E-state index contributed by atoms with van der Waals surface area (Å²) in [6.45, 7) is 0.0484. The van der Waals surface area contributed by atoms with Crippen LogP contribution in [0.3, 0.4) is 0 Å². The lowest BCUT2D eigenvalue weighted by atomic mass is 10.2. The van der Waals surface area contributed by atoms with Gasteiger partial charge in [0.1, 0.15) is 6.07 Å². The number of rotatable bonds is 6. The van der Waals surface area contributed by atoms with Crippen molar-refractivity contribution < 1.29 is 13.3 Å². The Bertz CT molecular complexity index is 880. The van der Waals surface area contributed by atoms with Gasteiger partial charge in [0.25, 0.3) is 10.0 Å². The molecular weight excluding hydrogens is 338 g/mol. The zero-order valence-corrected chi connectivity index (χ0v) is 13.3. The summed E-state index contributed by atoms with van der Waals surface area (Å²) in [5.41, 5.74) is 0.750. The van der Waals surface area contributed by atoms with E-state index in [0.29, 0.717) is 4.88 Å². The molecular formula is C14H11N3O4S2. The van der Waals surface area contributed by atoms with Crippen LogP contribution in [0.25, 0.3) is 6.08 Å². The van der Waals surface area contributed by atoms with Crippen molar-refractivity contribution in [2.75, 3.05) is 0 Å². The molecule has 23 heavy (non-hydrogen) atoms. The van der Waals surface area contributed by atoms with Crippen molar-refractivity contribution in [2.45, 2.75) is 6.54 Å². The lowest BCUT2D eigenvalue weighted by Crippen LogP contribution is -2.24. The van der Waals surface area contributed by atoms with E-state index < -0.39 is 19.9 Å². The standard InChI is InChI=1S/C14H11N3O4S2/c15-9-13(8-12-6-7-14(22-12)17(18)19)23(20,21)16-10-11-4-2-1-3-5-11/h1-8,16H,10H2/b13-8-. The van der Waals surface area contributed by atoms with E-state index in [0.717, 1.165) is 23.0 Å². The molecule has 7 nitrogen and oxygen atoms in total. The molecule has 0 fully saturated rings. The molecule has 1 heterocycles. The summed E-state index contributed by atoms with van der Waals surface area (Å²) in [6, 6.07) is 13.1. The summed E-state index contributed by atoms with van der Waals surface area (Å²) in [6.07, 6.45) is 1.12. The zero-order valence-electron chi connectivity index (χ0n) is 11.7. The fourth-order valence-electron chi connectivity index (χ4n) is 1.67. The first kappa shape index (κ1) is 16.8. The quantitative estimate of drug-likeness (QED) is 0.489. The lowest BCUT2D eigenvalue weighted by molar-refractivity contribution is -0.380. The van der Waals surface area contributed by atoms with Gasteiger partial charge in [-0.15, -0.1) is 0 Å². The molecule has 0 bridgehead atoms. The molecule has 1 aromatic carbocycles. The Labute approximate surface area is 136 Å². The van der Waals surface area contributed by atoms with Crippen LogP contribution in [-0.2, 0) is 16.6 Å². The van der Waals surface area contributed by atoms with Crippen molar-refractivity contribution >= 4 is 32.4 Å². The van der Waals surface area contributed by atoms with Gasteiger partial charge in [-0.1, -0.05) is 41.7 Å². The molecule has 0 amide bonds. The molecule has 2 rings (SSSR count). The minimum atomic E-state index is -3.99. The number of nitro groups is 1. The molecule has 0 saturated carbocycles. The Hall–Kier alpha value is -2.54. The Kier molecular flexibility index (Phi) is 5.23. The first-order chi connectivity index (χ1) is 10.9. The van der Waals surface area contributed by atoms with Gasteiger partial charge in [-0.2, -0.15) is 5.26 Å². The summed E-state index contributed by atoms with van der Waals surface area (Å²) in [4.78, 5) is 9.88. The minimum Gasteiger partial charge on any atom is -0.258 e. The number of nitrogens with zero attached hydrogens (tertiary/aromatic N) is 2. The van der Waals surface area contributed by atoms with Crippen LogP contribution in [0.15, 0.2) is 47.4 Å². The summed E-state index contributed by atoms with van der Waals surface area (Å²) < 4.78 is 26.6. The predicted molar refractivity (Wildman–Crippen MR) is 86.8 cm³/mol. The maximum absolute atomic E-state index is 12.1. The van der Waals surface area contributed by atoms with Crippen LogP contribution >= 0.6 is 11.3 Å². The number of sulfonamides is 1. The number of nitriles is 1. The van der Waals surface area contributed by atoms with E-state index in [4.69, 9.17) is 5.26 Å². The second-order valence-electron chi connectivity index (χ2n) is 4.36. The van der Waals surface area contributed by atoms with E-state index in [1.807, 2.05) is 6.07 Å². The van der Waals surface area contributed by atoms with Crippen LogP contribution in [0, 0.1) is 21.4 Å². The van der Waals surface area contributed by atoms with Gasteiger partial charge >= 0.3 is 5.00 Å². The van der Waals surface area contributed by atoms with E-state index in [2.05, 4.69) is 4.72 Å². The normalized spacial score (nSPS) is 11.9. The zero-order chi connectivity index (χ0) is 16.9. The van der Waals surface area contributed by atoms with Gasteiger partial charge in [0.2, 0.25) is 0 Å². The van der Waals surface area contributed by atoms with E-state index >= 15 is 0 Å². The molecule has 118 valence electrons. The van der Waals surface area contributed by atoms with Gasteiger partial charge in [-0.05, 0) is 17.7 Å². The molecule has 0 saturated heterocycles. The topological polar surface area (TPSA) is 113 Å². The molecule has 0 aliphatic carbocycles. The van der Waals surface area contributed by atoms with E-state index in [1.54, 1.807) is 30.3 Å². The Morgan fingerprint density at radius 3 is 2.57 bits per heavy atom. The van der Waals surface area contributed by atoms with E-state index in [9.17, 15) is 18.5 Å². The van der Waals surface area contributed by atoms with Crippen LogP contribution in [0.5, 0.6) is 0 Å². The molecule has 0 unspecified atom stereocenters. The first-order valence-corrected chi connectivity index (χ1v) is 8.62. The first-order valence-electron chi connectivity index (χ1n) is 6.32. The van der Waals surface area contributed by atoms with Gasteiger partial charge in [0.05, 0.1) is 4.92 Å². The molecule has 0 atom stereocenters. The molecule has 0 spiro atoms. The van der Waals surface area contributed by atoms with Crippen LogP contribution in [0.1, 0.15) is 10.4 Å². The third-order valence-electron chi connectivity index (χ3n) is 2.77. The number of thiophene rings is 1. The minimum absolute atomic E-state index is 0.0484. The SMILES string of the molecule is N#C/C(=C/c1ccc([N+](=O)[O-])s1)S(=O)(=O)NCc1ccccc1. The molecule has 0 aliphatic heterocycles. The Morgan fingerprint density at radius 1 is 1.30 bits per heavy atom. The molecule has 0 radical (unpaired) electrons. The third-order valence-corrected chi connectivity index (χ3v) is 5.07. The van der Waals surface area contributed by atoms with Crippen molar-refractivity contribution in [3.8, 4) is 6.07 Å². The van der Waals surface area contributed by atoms with Crippen LogP contribution in [0.2, 0.25) is 0 Å². The number of benzene rings is 1. The molecule has 9 heteroatoms. The number of hydrogen-bond donors (Lipinski definition) is 1. The van der Waals surface area contributed by atoms with Gasteiger partial charge in [-0.3, -0.25) is 10.1 Å². The van der Waals surface area contributed by atoms with Crippen LogP contribution < -0.4 is 4.72 Å². The van der Waals surface area contributed by atoms with Crippen LogP contribution in [0.4, 0.5) is 5.00 Å². The Morgan fingerprint density at radius 2 is 2.00 bits per heavy atom. The van der Waals surface area contributed by atoms with Crippen molar-refractivity contribution in [1.82, 2.24) is 4.72 Å². The van der Waals surface area contributed by atoms with Crippen molar-refractivity contribution in [3.63, 3.8) is 0 Å². The molecule has 0 aliphatic rings. The van der Waals surface area contributed by atoms with Gasteiger partial charge < -0.3 is 0 Å². The fourth-order valence-corrected chi connectivity index (χ4v) is 3.42. The maximum Gasteiger partial charge on any atom is 0.324 e. The van der Waals surface area contributed by atoms with Crippen molar-refractivity contribution in [1.29, 1.82) is 5.26 Å². The largest absolute Gasteiger partial charge is 0.324 e. The number of nitrogens with one attached hydrogen (secondary N) is 1. The number of hydrogen-bond acceptors (Lipinski definition) is 6. The average Bonchev–Trinajstić information content (AvgIpc) is 3.00.